The van der Waals surface area contributed by atoms with Crippen LogP contribution in [0.1, 0.15) is 51.0 Å². The van der Waals surface area contributed by atoms with E-state index in [4.69, 9.17) is 4.74 Å². The Bertz CT molecular complexity index is 761. The summed E-state index contributed by atoms with van der Waals surface area (Å²) in [5.74, 6) is 0.681. The molecule has 0 aliphatic carbocycles. The van der Waals surface area contributed by atoms with E-state index in [1.807, 2.05) is 12.1 Å². The van der Waals surface area contributed by atoms with Crippen LogP contribution in [0.4, 0.5) is 0 Å². The minimum atomic E-state index is -4.59. The van der Waals surface area contributed by atoms with E-state index in [0.717, 1.165) is 18.4 Å². The van der Waals surface area contributed by atoms with Crippen molar-refractivity contribution in [3.63, 3.8) is 0 Å². The van der Waals surface area contributed by atoms with Crippen LogP contribution in [0, 0.1) is 0 Å². The molecule has 6 heteroatoms. The van der Waals surface area contributed by atoms with E-state index in [9.17, 15) is 13.0 Å². The predicted octanol–water partition coefficient (Wildman–Crippen LogP) is 2.29. The van der Waals surface area contributed by atoms with Gasteiger partial charge in [0.25, 0.3) is 0 Å². The van der Waals surface area contributed by atoms with Gasteiger partial charge in [-0.1, -0.05) is 69.4 Å². The van der Waals surface area contributed by atoms with Gasteiger partial charge in [-0.3, -0.25) is 0 Å². The van der Waals surface area contributed by atoms with Gasteiger partial charge >= 0.3 is 29.6 Å². The van der Waals surface area contributed by atoms with Crippen LogP contribution in [0.3, 0.4) is 0 Å². The van der Waals surface area contributed by atoms with E-state index in [1.165, 1.54) is 31.7 Å². The second-order valence-electron chi connectivity index (χ2n) is 6.13. The maximum Gasteiger partial charge on any atom is 1.00 e. The Hall–Kier alpha value is -0.850. The van der Waals surface area contributed by atoms with Crippen LogP contribution in [0.5, 0.6) is 11.5 Å². The summed E-state index contributed by atoms with van der Waals surface area (Å²) in [5.41, 5.74) is 0.760. The second kappa shape index (κ2) is 11.8. The van der Waals surface area contributed by atoms with Crippen molar-refractivity contribution < 1.29 is 47.3 Å². The first-order chi connectivity index (χ1) is 12.0. The summed E-state index contributed by atoms with van der Waals surface area (Å²) in [6.07, 6.45) is 7.56. The van der Waals surface area contributed by atoms with Gasteiger partial charge in [0.1, 0.15) is 21.6 Å². The summed E-state index contributed by atoms with van der Waals surface area (Å²) < 4.78 is 40.6. The number of ether oxygens (including phenoxy) is 1. The minimum Gasteiger partial charge on any atom is -0.744 e. The number of hydrogen-bond donors (Lipinski definition) is 0. The van der Waals surface area contributed by atoms with E-state index in [1.54, 1.807) is 30.3 Å². The Balaban J connectivity index is 0.00000338. The summed E-state index contributed by atoms with van der Waals surface area (Å²) in [4.78, 5) is -0.292. The third-order valence-electron chi connectivity index (χ3n) is 4.09. The molecule has 2 aromatic carbocycles. The van der Waals surface area contributed by atoms with Crippen LogP contribution < -0.4 is 34.3 Å². The normalized spacial score (nSPS) is 11.0. The van der Waals surface area contributed by atoms with Gasteiger partial charge in [0.2, 0.25) is 0 Å². The Labute approximate surface area is 179 Å². The van der Waals surface area contributed by atoms with E-state index >= 15 is 0 Å². The van der Waals surface area contributed by atoms with E-state index in [2.05, 4.69) is 6.92 Å². The molecule has 0 radical (unpaired) electrons. The van der Waals surface area contributed by atoms with Crippen molar-refractivity contribution >= 4 is 10.1 Å². The zero-order chi connectivity index (χ0) is 18.1. The number of hydrogen-bond acceptors (Lipinski definition) is 4. The van der Waals surface area contributed by atoms with Gasteiger partial charge in [0.05, 0.1) is 4.90 Å². The molecule has 0 amide bonds. The molecule has 2 aromatic rings. The van der Waals surface area contributed by atoms with Crippen molar-refractivity contribution in [3.8, 4) is 11.5 Å². The fourth-order valence-electron chi connectivity index (χ4n) is 2.77. The molecule has 0 saturated heterocycles. The van der Waals surface area contributed by atoms with Crippen LogP contribution in [0.15, 0.2) is 53.4 Å². The first kappa shape index (κ1) is 23.2. The zero-order valence-electron chi connectivity index (χ0n) is 15.6. The molecular formula is C20H25NaO4S. The van der Waals surface area contributed by atoms with Crippen molar-refractivity contribution in [2.75, 3.05) is 0 Å². The molecule has 0 fully saturated rings. The first-order valence-electron chi connectivity index (χ1n) is 8.83. The molecule has 136 valence electrons. The topological polar surface area (TPSA) is 66.4 Å². The fourth-order valence-corrected chi connectivity index (χ4v) is 3.42. The SMILES string of the molecule is CCCCCCCCc1cccc(S(=O)(=O)[O-])c1Oc1ccccc1.[Na+]. The Morgan fingerprint density at radius 1 is 0.885 bits per heavy atom. The predicted molar refractivity (Wildman–Crippen MR) is 98.0 cm³/mol. The largest absolute Gasteiger partial charge is 1.00 e. The Morgan fingerprint density at radius 3 is 2.19 bits per heavy atom. The molecule has 0 unspecified atom stereocenters. The number of para-hydroxylation sites is 2. The second-order valence-corrected chi connectivity index (χ2v) is 7.48. The van der Waals surface area contributed by atoms with Gasteiger partial charge in [-0.15, -0.1) is 0 Å². The standard InChI is InChI=1S/C20H26O4S.Na/c1-2-3-4-5-6-8-12-17-13-11-16-19(25(21,22)23)20(17)24-18-14-9-7-10-15-18;/h7,9-11,13-16H,2-6,8,12H2,1H3,(H,21,22,23);/q;+1/p-1. The van der Waals surface area contributed by atoms with Crippen molar-refractivity contribution in [2.45, 2.75) is 56.8 Å². The molecule has 0 bridgehead atoms. The summed E-state index contributed by atoms with van der Waals surface area (Å²) in [5, 5.41) is 0. The molecule has 0 N–H and O–H groups in total. The quantitative estimate of drug-likeness (QED) is 0.358. The van der Waals surface area contributed by atoms with Gasteiger partial charge < -0.3 is 9.29 Å². The monoisotopic (exact) mass is 384 g/mol. The van der Waals surface area contributed by atoms with E-state index in [0.29, 0.717) is 12.2 Å². The van der Waals surface area contributed by atoms with Crippen molar-refractivity contribution in [2.24, 2.45) is 0 Å². The molecule has 0 spiro atoms. The van der Waals surface area contributed by atoms with Crippen molar-refractivity contribution in [1.82, 2.24) is 0 Å². The van der Waals surface area contributed by atoms with Crippen molar-refractivity contribution in [3.05, 3.63) is 54.1 Å². The molecule has 4 nitrogen and oxygen atoms in total. The molecule has 0 aliphatic rings. The van der Waals surface area contributed by atoms with Crippen LogP contribution >= 0.6 is 0 Å². The summed E-state index contributed by atoms with van der Waals surface area (Å²) in [6.45, 7) is 2.18. The van der Waals surface area contributed by atoms with Gasteiger partial charge in [-0.05, 0) is 36.6 Å². The van der Waals surface area contributed by atoms with Gasteiger partial charge in [-0.25, -0.2) is 8.42 Å². The van der Waals surface area contributed by atoms with Crippen LogP contribution in [0.2, 0.25) is 0 Å². The molecule has 2 rings (SSSR count). The molecule has 0 aromatic heterocycles. The maximum atomic E-state index is 11.6. The smallest absolute Gasteiger partial charge is 0.744 e. The summed E-state index contributed by atoms with van der Waals surface area (Å²) in [7, 11) is -4.59. The molecule has 0 aliphatic heterocycles. The minimum absolute atomic E-state index is 0. The van der Waals surface area contributed by atoms with E-state index in [-0.39, 0.29) is 40.2 Å². The first-order valence-corrected chi connectivity index (χ1v) is 10.2. The Morgan fingerprint density at radius 2 is 1.54 bits per heavy atom. The van der Waals surface area contributed by atoms with E-state index < -0.39 is 10.1 Å². The third kappa shape index (κ3) is 7.41. The van der Waals surface area contributed by atoms with Gasteiger partial charge in [0.15, 0.2) is 0 Å². The molecule has 0 atom stereocenters. The number of unbranched alkanes of at least 4 members (excludes halogenated alkanes) is 5. The van der Waals surface area contributed by atoms with Crippen LogP contribution in [-0.2, 0) is 16.5 Å². The van der Waals surface area contributed by atoms with Gasteiger partial charge in [0, 0.05) is 0 Å². The average molecular weight is 384 g/mol. The average Bonchev–Trinajstić information content (AvgIpc) is 2.59. The van der Waals surface area contributed by atoms with Gasteiger partial charge in [-0.2, -0.15) is 0 Å². The number of rotatable bonds is 10. The number of benzene rings is 2. The molecule has 0 heterocycles. The zero-order valence-corrected chi connectivity index (χ0v) is 18.4. The molecule has 0 saturated carbocycles. The Kier molecular flexibility index (Phi) is 10.5. The molecule has 26 heavy (non-hydrogen) atoms. The maximum absolute atomic E-state index is 11.6. The summed E-state index contributed by atoms with van der Waals surface area (Å²) in [6, 6.07) is 13.7. The molecular weight excluding hydrogens is 359 g/mol. The fraction of sp³-hybridized carbons (Fsp3) is 0.400. The van der Waals surface area contributed by atoms with Crippen LogP contribution in [-0.4, -0.2) is 13.0 Å². The van der Waals surface area contributed by atoms with Crippen molar-refractivity contribution in [1.29, 1.82) is 0 Å². The third-order valence-corrected chi connectivity index (χ3v) is 4.95. The number of aryl methyl sites for hydroxylation is 1. The summed E-state index contributed by atoms with van der Waals surface area (Å²) >= 11 is 0. The van der Waals surface area contributed by atoms with Crippen LogP contribution in [0.25, 0.3) is 0 Å².